The number of carbonyl (C=O) groups excluding carboxylic acids is 1. The molecular formula is C17H18O3. The molecule has 1 N–H and O–H groups in total. The quantitative estimate of drug-likeness (QED) is 0.820. The summed E-state index contributed by atoms with van der Waals surface area (Å²) >= 11 is 0. The molecule has 0 fully saturated rings. The van der Waals surface area contributed by atoms with Crippen molar-refractivity contribution in [3.8, 4) is 0 Å². The number of carbonyl (C=O) groups is 1. The molecular weight excluding hydrogens is 252 g/mol. The highest BCUT2D eigenvalue weighted by molar-refractivity contribution is 5.69. The summed E-state index contributed by atoms with van der Waals surface area (Å²) < 4.78 is 5.16. The van der Waals surface area contributed by atoms with Gasteiger partial charge in [0.05, 0.1) is 6.10 Å². The zero-order valence-corrected chi connectivity index (χ0v) is 11.2. The van der Waals surface area contributed by atoms with Crippen LogP contribution < -0.4 is 0 Å². The van der Waals surface area contributed by atoms with Crippen LogP contribution in [0.25, 0.3) is 0 Å². The van der Waals surface area contributed by atoms with Crippen LogP contribution in [0.3, 0.4) is 0 Å². The zero-order chi connectivity index (χ0) is 14.2. The predicted octanol–water partition coefficient (Wildman–Crippen LogP) is 3.24. The van der Waals surface area contributed by atoms with Crippen molar-refractivity contribution in [3.63, 3.8) is 0 Å². The molecule has 2 rings (SSSR count). The van der Waals surface area contributed by atoms with E-state index in [1.165, 1.54) is 0 Å². The maximum absolute atomic E-state index is 11.6. The largest absolute Gasteiger partial charge is 0.461 e. The third-order valence-electron chi connectivity index (χ3n) is 3.05. The van der Waals surface area contributed by atoms with Gasteiger partial charge in [-0.1, -0.05) is 60.7 Å². The van der Waals surface area contributed by atoms with Crippen LogP contribution in [0.5, 0.6) is 0 Å². The normalized spacial score (nSPS) is 11.8. The van der Waals surface area contributed by atoms with Gasteiger partial charge in [-0.25, -0.2) is 0 Å². The first-order valence-corrected chi connectivity index (χ1v) is 6.68. The number of hydrogen-bond donors (Lipinski definition) is 1. The Labute approximate surface area is 118 Å². The number of ether oxygens (including phenoxy) is 1. The van der Waals surface area contributed by atoms with Crippen LogP contribution >= 0.6 is 0 Å². The molecule has 0 aliphatic rings. The van der Waals surface area contributed by atoms with Crippen LogP contribution in [0.1, 0.15) is 30.1 Å². The van der Waals surface area contributed by atoms with E-state index in [9.17, 15) is 9.90 Å². The molecule has 20 heavy (non-hydrogen) atoms. The molecule has 104 valence electrons. The lowest BCUT2D eigenvalue weighted by molar-refractivity contribution is -0.145. The lowest BCUT2D eigenvalue weighted by Crippen LogP contribution is -2.07. The van der Waals surface area contributed by atoms with E-state index in [1.54, 1.807) is 0 Å². The van der Waals surface area contributed by atoms with E-state index in [0.717, 1.165) is 11.1 Å². The van der Waals surface area contributed by atoms with E-state index in [-0.39, 0.29) is 19.0 Å². The van der Waals surface area contributed by atoms with Crippen molar-refractivity contribution in [3.05, 3.63) is 71.8 Å². The molecule has 0 unspecified atom stereocenters. The van der Waals surface area contributed by atoms with Crippen molar-refractivity contribution in [2.24, 2.45) is 0 Å². The number of benzene rings is 2. The Morgan fingerprint density at radius 3 is 2.25 bits per heavy atom. The summed E-state index contributed by atoms with van der Waals surface area (Å²) in [5.74, 6) is -0.288. The maximum atomic E-state index is 11.6. The van der Waals surface area contributed by atoms with Gasteiger partial charge in [0.2, 0.25) is 0 Å². The molecule has 0 aliphatic heterocycles. The van der Waals surface area contributed by atoms with Crippen molar-refractivity contribution in [2.75, 3.05) is 0 Å². The lowest BCUT2D eigenvalue weighted by Gasteiger charge is -2.10. The first-order chi connectivity index (χ1) is 9.75. The Balaban J connectivity index is 1.73. The topological polar surface area (TPSA) is 46.5 Å². The second-order valence-corrected chi connectivity index (χ2v) is 4.61. The molecule has 3 nitrogen and oxygen atoms in total. The zero-order valence-electron chi connectivity index (χ0n) is 11.2. The third-order valence-corrected chi connectivity index (χ3v) is 3.05. The SMILES string of the molecule is O=C(CC[C@@H](O)c1ccccc1)OCc1ccccc1. The van der Waals surface area contributed by atoms with Gasteiger partial charge in [-0.3, -0.25) is 4.79 Å². The van der Waals surface area contributed by atoms with Crippen LogP contribution in [0.4, 0.5) is 0 Å². The molecule has 1 atom stereocenters. The standard InChI is InChI=1S/C17H18O3/c18-16(15-9-5-2-6-10-15)11-12-17(19)20-13-14-7-3-1-4-8-14/h1-10,16,18H,11-13H2/t16-/m1/s1. The Bertz CT molecular complexity index is 522. The fraction of sp³-hybridized carbons (Fsp3) is 0.235. The molecule has 0 bridgehead atoms. The smallest absolute Gasteiger partial charge is 0.306 e. The summed E-state index contributed by atoms with van der Waals surface area (Å²) in [5.41, 5.74) is 1.79. The summed E-state index contributed by atoms with van der Waals surface area (Å²) in [7, 11) is 0. The van der Waals surface area contributed by atoms with Gasteiger partial charge in [0.15, 0.2) is 0 Å². The van der Waals surface area contributed by atoms with Gasteiger partial charge < -0.3 is 9.84 Å². The molecule has 0 heterocycles. The van der Waals surface area contributed by atoms with Crippen molar-refractivity contribution in [1.82, 2.24) is 0 Å². The number of hydrogen-bond acceptors (Lipinski definition) is 3. The highest BCUT2D eigenvalue weighted by Gasteiger charge is 2.11. The fourth-order valence-corrected chi connectivity index (χ4v) is 1.91. The van der Waals surface area contributed by atoms with E-state index in [2.05, 4.69) is 0 Å². The molecule has 0 amide bonds. The average Bonchev–Trinajstić information content (AvgIpc) is 2.52. The van der Waals surface area contributed by atoms with Gasteiger partial charge in [0, 0.05) is 6.42 Å². The summed E-state index contributed by atoms with van der Waals surface area (Å²) in [6, 6.07) is 18.9. The lowest BCUT2D eigenvalue weighted by atomic mass is 10.1. The second kappa shape index (κ2) is 7.46. The minimum Gasteiger partial charge on any atom is -0.461 e. The number of aliphatic hydroxyl groups is 1. The molecule has 0 aliphatic carbocycles. The minimum absolute atomic E-state index is 0.211. The van der Waals surface area contributed by atoms with E-state index in [0.29, 0.717) is 6.42 Å². The molecule has 2 aromatic carbocycles. The van der Waals surface area contributed by atoms with Crippen molar-refractivity contribution >= 4 is 5.97 Å². The fourth-order valence-electron chi connectivity index (χ4n) is 1.91. The van der Waals surface area contributed by atoms with E-state index >= 15 is 0 Å². The highest BCUT2D eigenvalue weighted by Crippen LogP contribution is 2.18. The van der Waals surface area contributed by atoms with Gasteiger partial charge in [-0.2, -0.15) is 0 Å². The van der Waals surface area contributed by atoms with Gasteiger partial charge in [-0.05, 0) is 17.5 Å². The summed E-state index contributed by atoms with van der Waals surface area (Å²) in [4.78, 5) is 11.6. The highest BCUT2D eigenvalue weighted by atomic mass is 16.5. The first kappa shape index (κ1) is 14.3. The monoisotopic (exact) mass is 270 g/mol. The van der Waals surface area contributed by atoms with Crippen LogP contribution in [-0.2, 0) is 16.1 Å². The molecule has 0 saturated carbocycles. The second-order valence-electron chi connectivity index (χ2n) is 4.61. The predicted molar refractivity (Wildman–Crippen MR) is 76.9 cm³/mol. The van der Waals surface area contributed by atoms with Crippen molar-refractivity contribution in [1.29, 1.82) is 0 Å². The summed E-state index contributed by atoms with van der Waals surface area (Å²) in [5, 5.41) is 9.95. The van der Waals surface area contributed by atoms with Gasteiger partial charge >= 0.3 is 5.97 Å². The molecule has 0 radical (unpaired) electrons. The van der Waals surface area contributed by atoms with E-state index in [4.69, 9.17) is 4.74 Å². The summed E-state index contributed by atoms with van der Waals surface area (Å²) in [6.07, 6.45) is -0.0407. The number of rotatable bonds is 6. The van der Waals surface area contributed by atoms with Crippen LogP contribution in [0.15, 0.2) is 60.7 Å². The Kier molecular flexibility index (Phi) is 5.33. The molecule has 0 spiro atoms. The Morgan fingerprint density at radius 1 is 1.00 bits per heavy atom. The minimum atomic E-state index is -0.625. The third kappa shape index (κ3) is 4.52. The maximum Gasteiger partial charge on any atom is 0.306 e. The van der Waals surface area contributed by atoms with E-state index in [1.807, 2.05) is 60.7 Å². The van der Waals surface area contributed by atoms with Gasteiger partial charge in [-0.15, -0.1) is 0 Å². The van der Waals surface area contributed by atoms with Crippen LogP contribution in [0, 0.1) is 0 Å². The number of esters is 1. The van der Waals surface area contributed by atoms with Crippen LogP contribution in [0.2, 0.25) is 0 Å². The van der Waals surface area contributed by atoms with Gasteiger partial charge in [0.25, 0.3) is 0 Å². The van der Waals surface area contributed by atoms with Gasteiger partial charge in [0.1, 0.15) is 6.61 Å². The molecule has 3 heteroatoms. The molecule has 0 saturated heterocycles. The molecule has 0 aromatic heterocycles. The Morgan fingerprint density at radius 2 is 1.60 bits per heavy atom. The van der Waals surface area contributed by atoms with Crippen molar-refractivity contribution < 1.29 is 14.6 Å². The Hall–Kier alpha value is -2.13. The van der Waals surface area contributed by atoms with Crippen LogP contribution in [-0.4, -0.2) is 11.1 Å². The molecule has 2 aromatic rings. The van der Waals surface area contributed by atoms with E-state index < -0.39 is 6.10 Å². The van der Waals surface area contributed by atoms with Crippen molar-refractivity contribution in [2.45, 2.75) is 25.6 Å². The summed E-state index contributed by atoms with van der Waals surface area (Å²) in [6.45, 7) is 0.279. The first-order valence-electron chi connectivity index (χ1n) is 6.68. The average molecular weight is 270 g/mol. The number of aliphatic hydroxyl groups excluding tert-OH is 1.